The molecular formula is C60H104O6. The normalized spacial score (nSPS) is 12.6. The topological polar surface area (TPSA) is 78.9 Å². The first-order valence-corrected chi connectivity index (χ1v) is 27.9. The van der Waals surface area contributed by atoms with Crippen LogP contribution in [0, 0.1) is 0 Å². The Balaban J connectivity index is 4.39. The molecule has 0 aliphatic rings. The number of unbranched alkanes of at least 4 members (excludes halogenated alkanes) is 27. The maximum absolute atomic E-state index is 12.8. The maximum Gasteiger partial charge on any atom is 0.306 e. The van der Waals surface area contributed by atoms with Crippen LogP contribution in [-0.4, -0.2) is 37.2 Å². The van der Waals surface area contributed by atoms with Gasteiger partial charge < -0.3 is 14.2 Å². The first-order valence-electron chi connectivity index (χ1n) is 27.9. The van der Waals surface area contributed by atoms with Crippen LogP contribution in [0.1, 0.15) is 271 Å². The largest absolute Gasteiger partial charge is 0.462 e. The van der Waals surface area contributed by atoms with Crippen molar-refractivity contribution in [3.63, 3.8) is 0 Å². The van der Waals surface area contributed by atoms with Gasteiger partial charge in [-0.1, -0.05) is 216 Å². The van der Waals surface area contributed by atoms with Gasteiger partial charge in [-0.2, -0.15) is 0 Å². The predicted molar refractivity (Wildman–Crippen MR) is 284 cm³/mol. The lowest BCUT2D eigenvalue weighted by molar-refractivity contribution is -0.167. The fraction of sp³-hybridized carbons (Fsp3) is 0.750. The van der Waals surface area contributed by atoms with E-state index in [9.17, 15) is 14.4 Å². The third kappa shape index (κ3) is 51.8. The molecule has 0 aliphatic heterocycles. The highest BCUT2D eigenvalue weighted by atomic mass is 16.6. The van der Waals surface area contributed by atoms with Crippen LogP contribution in [0.4, 0.5) is 0 Å². The maximum atomic E-state index is 12.8. The Kier molecular flexibility index (Phi) is 51.9. The molecule has 0 aromatic heterocycles. The number of rotatable bonds is 50. The van der Waals surface area contributed by atoms with Gasteiger partial charge in [0.25, 0.3) is 0 Å². The highest BCUT2D eigenvalue weighted by Gasteiger charge is 2.19. The molecule has 0 aliphatic carbocycles. The second-order valence-corrected chi connectivity index (χ2v) is 18.5. The predicted octanol–water partition coefficient (Wildman–Crippen LogP) is 18.6. The van der Waals surface area contributed by atoms with Crippen molar-refractivity contribution in [2.24, 2.45) is 0 Å². The molecule has 0 fully saturated rings. The number of esters is 3. The quantitative estimate of drug-likeness (QED) is 0.0262. The van der Waals surface area contributed by atoms with Gasteiger partial charge in [-0.05, 0) is 109 Å². The molecule has 1 atom stereocenters. The highest BCUT2D eigenvalue weighted by molar-refractivity contribution is 5.71. The van der Waals surface area contributed by atoms with Gasteiger partial charge in [-0.3, -0.25) is 14.4 Å². The van der Waals surface area contributed by atoms with E-state index in [-0.39, 0.29) is 31.1 Å². The zero-order valence-electron chi connectivity index (χ0n) is 43.4. The third-order valence-electron chi connectivity index (χ3n) is 11.9. The molecule has 0 amide bonds. The molecule has 380 valence electrons. The van der Waals surface area contributed by atoms with E-state index >= 15 is 0 Å². The first-order chi connectivity index (χ1) is 32.5. The van der Waals surface area contributed by atoms with Crippen molar-refractivity contribution in [2.45, 2.75) is 277 Å². The molecule has 0 heterocycles. The van der Waals surface area contributed by atoms with Crippen LogP contribution in [0.3, 0.4) is 0 Å². The first kappa shape index (κ1) is 62.8. The van der Waals surface area contributed by atoms with Crippen LogP contribution in [0.15, 0.2) is 72.9 Å². The van der Waals surface area contributed by atoms with Crippen LogP contribution >= 0.6 is 0 Å². The summed E-state index contributed by atoms with van der Waals surface area (Å²) in [5.41, 5.74) is 0. The zero-order valence-corrected chi connectivity index (χ0v) is 43.4. The minimum absolute atomic E-state index is 0.0857. The van der Waals surface area contributed by atoms with Crippen LogP contribution in [0.5, 0.6) is 0 Å². The molecule has 1 unspecified atom stereocenters. The molecule has 66 heavy (non-hydrogen) atoms. The summed E-state index contributed by atoms with van der Waals surface area (Å²) in [5, 5.41) is 0. The Bertz CT molecular complexity index is 1240. The van der Waals surface area contributed by atoms with Crippen LogP contribution < -0.4 is 0 Å². The minimum atomic E-state index is -0.787. The molecule has 0 aromatic carbocycles. The zero-order chi connectivity index (χ0) is 47.9. The Morgan fingerprint density at radius 2 is 0.591 bits per heavy atom. The monoisotopic (exact) mass is 921 g/mol. The number of carbonyl (C=O) groups is 3. The lowest BCUT2D eigenvalue weighted by Crippen LogP contribution is -2.30. The fourth-order valence-corrected chi connectivity index (χ4v) is 7.72. The van der Waals surface area contributed by atoms with E-state index in [4.69, 9.17) is 14.2 Å². The SMILES string of the molecule is CC/C=C\C/C=C\C/C=C\C/C=C\CCCCCCCCC(=O)OCC(COC(=O)CCCCCCC/C=C\CCCCC)OC(=O)CCCCCCCCC/C=C\CCCCCCCC. The summed E-state index contributed by atoms with van der Waals surface area (Å²) in [7, 11) is 0. The summed E-state index contributed by atoms with van der Waals surface area (Å²) in [6.07, 6.45) is 68.8. The Morgan fingerprint density at radius 3 is 0.970 bits per heavy atom. The van der Waals surface area contributed by atoms with Crippen LogP contribution in [0.2, 0.25) is 0 Å². The van der Waals surface area contributed by atoms with Crippen molar-refractivity contribution in [2.75, 3.05) is 13.2 Å². The van der Waals surface area contributed by atoms with Gasteiger partial charge >= 0.3 is 17.9 Å². The lowest BCUT2D eigenvalue weighted by atomic mass is 10.1. The third-order valence-corrected chi connectivity index (χ3v) is 11.9. The highest BCUT2D eigenvalue weighted by Crippen LogP contribution is 2.15. The van der Waals surface area contributed by atoms with E-state index < -0.39 is 6.10 Å². The van der Waals surface area contributed by atoms with E-state index in [1.807, 2.05) is 0 Å². The van der Waals surface area contributed by atoms with Gasteiger partial charge in [0, 0.05) is 19.3 Å². The van der Waals surface area contributed by atoms with Crippen LogP contribution in [0.25, 0.3) is 0 Å². The fourth-order valence-electron chi connectivity index (χ4n) is 7.72. The molecule has 0 radical (unpaired) electrons. The average molecular weight is 921 g/mol. The van der Waals surface area contributed by atoms with Gasteiger partial charge in [-0.25, -0.2) is 0 Å². The summed E-state index contributed by atoms with van der Waals surface area (Å²) >= 11 is 0. The Hall–Kier alpha value is -3.15. The second-order valence-electron chi connectivity index (χ2n) is 18.5. The van der Waals surface area contributed by atoms with Crippen molar-refractivity contribution >= 4 is 17.9 Å². The summed E-state index contributed by atoms with van der Waals surface area (Å²) in [5.74, 6) is -0.907. The molecule has 0 rings (SSSR count). The molecule has 0 N–H and O–H groups in total. The minimum Gasteiger partial charge on any atom is -0.462 e. The van der Waals surface area contributed by atoms with Crippen molar-refractivity contribution in [3.05, 3.63) is 72.9 Å². The van der Waals surface area contributed by atoms with Crippen molar-refractivity contribution in [3.8, 4) is 0 Å². The number of hydrogen-bond donors (Lipinski definition) is 0. The molecule has 0 saturated heterocycles. The van der Waals surface area contributed by atoms with Crippen molar-refractivity contribution in [1.82, 2.24) is 0 Å². The molecule has 6 nitrogen and oxygen atoms in total. The summed E-state index contributed by atoms with van der Waals surface area (Å²) in [6, 6.07) is 0. The van der Waals surface area contributed by atoms with Gasteiger partial charge in [0.1, 0.15) is 13.2 Å². The van der Waals surface area contributed by atoms with Crippen molar-refractivity contribution in [1.29, 1.82) is 0 Å². The molecule has 0 bridgehead atoms. The second kappa shape index (κ2) is 54.5. The lowest BCUT2D eigenvalue weighted by Gasteiger charge is -2.18. The summed E-state index contributed by atoms with van der Waals surface area (Å²) in [6.45, 7) is 6.49. The molecule has 6 heteroatoms. The molecule has 0 spiro atoms. The van der Waals surface area contributed by atoms with Gasteiger partial charge in [0.15, 0.2) is 6.10 Å². The van der Waals surface area contributed by atoms with E-state index in [1.54, 1.807) is 0 Å². The number of carbonyl (C=O) groups excluding carboxylic acids is 3. The Morgan fingerprint density at radius 1 is 0.318 bits per heavy atom. The average Bonchev–Trinajstić information content (AvgIpc) is 3.31. The van der Waals surface area contributed by atoms with Gasteiger partial charge in [0.05, 0.1) is 0 Å². The van der Waals surface area contributed by atoms with E-state index in [0.717, 1.165) is 96.3 Å². The van der Waals surface area contributed by atoms with E-state index in [1.165, 1.54) is 135 Å². The molecule has 0 saturated carbocycles. The molecule has 0 aromatic rings. The molecular weight excluding hydrogens is 817 g/mol. The van der Waals surface area contributed by atoms with Gasteiger partial charge in [-0.15, -0.1) is 0 Å². The summed E-state index contributed by atoms with van der Waals surface area (Å²) < 4.78 is 16.8. The van der Waals surface area contributed by atoms with Crippen LogP contribution in [-0.2, 0) is 28.6 Å². The van der Waals surface area contributed by atoms with E-state index in [2.05, 4.69) is 93.7 Å². The standard InChI is InChI=1S/C60H104O6/c1-4-7-10-13-16-19-22-25-27-29-30-32-33-35-38-41-44-47-50-53-59(62)65-56-57(55-64-58(61)52-49-46-43-40-37-24-21-18-15-12-9-6-3)66-60(63)54-51-48-45-42-39-36-34-31-28-26-23-20-17-14-11-8-5-2/h7,10,16,18-19,21,25-28,30,32,57H,4-6,8-9,11-15,17,20,22-24,29,31,33-56H2,1-3H3/b10-7-,19-16-,21-18-,27-25-,28-26-,32-30-. The van der Waals surface area contributed by atoms with Crippen molar-refractivity contribution < 1.29 is 28.6 Å². The van der Waals surface area contributed by atoms with Gasteiger partial charge in [0.2, 0.25) is 0 Å². The van der Waals surface area contributed by atoms with E-state index in [0.29, 0.717) is 19.3 Å². The number of allylic oxidation sites excluding steroid dienone is 12. The number of ether oxygens (including phenoxy) is 3. The number of hydrogen-bond acceptors (Lipinski definition) is 6. The Labute approximate surface area is 408 Å². The smallest absolute Gasteiger partial charge is 0.306 e. The summed E-state index contributed by atoms with van der Waals surface area (Å²) in [4.78, 5) is 38.1.